The van der Waals surface area contributed by atoms with Crippen molar-refractivity contribution >= 4 is 0 Å². The van der Waals surface area contributed by atoms with Crippen molar-refractivity contribution < 1.29 is 18.9 Å². The fourth-order valence-corrected chi connectivity index (χ4v) is 5.77. The van der Waals surface area contributed by atoms with Gasteiger partial charge >= 0.3 is 0 Å². The highest BCUT2D eigenvalue weighted by Crippen LogP contribution is 2.17. The van der Waals surface area contributed by atoms with Gasteiger partial charge in [-0.1, -0.05) is 152 Å². The van der Waals surface area contributed by atoms with E-state index in [0.717, 1.165) is 12.8 Å². The fourth-order valence-electron chi connectivity index (χ4n) is 5.77. The van der Waals surface area contributed by atoms with Gasteiger partial charge in [0.2, 0.25) is 0 Å². The number of rotatable bonds is 40. The standard InChI is InChI=1S/C44H82O4/c1-4-6-8-10-12-14-16-18-20-22-24-26-28-30-32-34-36-44(48-43-42-47-41-40-46-39-38-45-3)37-35-33-31-29-27-25-23-21-19-17-15-13-11-9-7-5-2/h12-15,18-21,44H,4-11,16-17,22-43H2,1-3H3/b14-12-,15-13-,20-18-,21-19-. The molecule has 0 N–H and O–H groups in total. The van der Waals surface area contributed by atoms with Crippen LogP contribution < -0.4 is 0 Å². The van der Waals surface area contributed by atoms with E-state index < -0.39 is 0 Å². The third kappa shape index (κ3) is 41.0. The summed E-state index contributed by atoms with van der Waals surface area (Å²) in [6.07, 6.45) is 52.7. The van der Waals surface area contributed by atoms with Crippen molar-refractivity contribution in [3.63, 3.8) is 0 Å². The number of hydrogen-bond acceptors (Lipinski definition) is 4. The Hall–Kier alpha value is -1.20. The molecule has 0 amide bonds. The third-order valence-corrected chi connectivity index (χ3v) is 8.84. The van der Waals surface area contributed by atoms with E-state index >= 15 is 0 Å². The predicted octanol–water partition coefficient (Wildman–Crippen LogP) is 13.5. The van der Waals surface area contributed by atoms with E-state index in [1.165, 1.54) is 154 Å². The molecule has 0 aliphatic carbocycles. The van der Waals surface area contributed by atoms with Gasteiger partial charge in [0, 0.05) is 7.11 Å². The van der Waals surface area contributed by atoms with Crippen LogP contribution in [0.15, 0.2) is 48.6 Å². The lowest BCUT2D eigenvalue weighted by Crippen LogP contribution is -2.18. The van der Waals surface area contributed by atoms with E-state index in [4.69, 9.17) is 18.9 Å². The summed E-state index contributed by atoms with van der Waals surface area (Å²) in [5.41, 5.74) is 0. The first kappa shape index (κ1) is 46.8. The fraction of sp³-hybridized carbons (Fsp3) is 0.818. The highest BCUT2D eigenvalue weighted by molar-refractivity contribution is 4.93. The van der Waals surface area contributed by atoms with Crippen molar-refractivity contribution in [2.75, 3.05) is 46.8 Å². The van der Waals surface area contributed by atoms with Crippen molar-refractivity contribution in [1.82, 2.24) is 0 Å². The van der Waals surface area contributed by atoms with Gasteiger partial charge in [0.25, 0.3) is 0 Å². The van der Waals surface area contributed by atoms with Gasteiger partial charge in [-0.3, -0.25) is 0 Å². The summed E-state index contributed by atoms with van der Waals surface area (Å²) in [5.74, 6) is 0. The van der Waals surface area contributed by atoms with Crippen molar-refractivity contribution in [3.8, 4) is 0 Å². The van der Waals surface area contributed by atoms with E-state index in [2.05, 4.69) is 62.5 Å². The zero-order valence-corrected chi connectivity index (χ0v) is 32.5. The van der Waals surface area contributed by atoms with Crippen LogP contribution in [-0.4, -0.2) is 52.9 Å². The van der Waals surface area contributed by atoms with Crippen LogP contribution >= 0.6 is 0 Å². The van der Waals surface area contributed by atoms with Crippen LogP contribution in [0.2, 0.25) is 0 Å². The summed E-state index contributed by atoms with van der Waals surface area (Å²) in [4.78, 5) is 0. The molecule has 0 spiro atoms. The normalized spacial score (nSPS) is 12.4. The van der Waals surface area contributed by atoms with Crippen molar-refractivity contribution in [2.24, 2.45) is 0 Å². The molecule has 0 unspecified atom stereocenters. The monoisotopic (exact) mass is 675 g/mol. The molecule has 0 atom stereocenters. The average molecular weight is 675 g/mol. The lowest BCUT2D eigenvalue weighted by molar-refractivity contribution is -0.0214. The SMILES string of the molecule is CCCCC/C=C\C/C=C\CCCCCCCCC(CCCCCCCC/C=C\C/C=C\CCCCC)OCCOCCOCCOC. The van der Waals surface area contributed by atoms with Crippen LogP contribution in [0, 0.1) is 0 Å². The zero-order chi connectivity index (χ0) is 34.7. The van der Waals surface area contributed by atoms with Gasteiger partial charge in [-0.25, -0.2) is 0 Å². The Bertz CT molecular complexity index is 650. The average Bonchev–Trinajstić information content (AvgIpc) is 3.10. The molecule has 0 radical (unpaired) electrons. The first-order valence-electron chi connectivity index (χ1n) is 20.7. The maximum Gasteiger partial charge on any atom is 0.0704 e. The third-order valence-electron chi connectivity index (χ3n) is 8.84. The van der Waals surface area contributed by atoms with Crippen LogP contribution in [0.5, 0.6) is 0 Å². The minimum atomic E-state index is 0.378. The van der Waals surface area contributed by atoms with Gasteiger partial charge in [0.05, 0.1) is 45.7 Å². The molecule has 48 heavy (non-hydrogen) atoms. The summed E-state index contributed by atoms with van der Waals surface area (Å²) in [5, 5.41) is 0. The lowest BCUT2D eigenvalue weighted by Gasteiger charge is -2.18. The van der Waals surface area contributed by atoms with Crippen LogP contribution in [0.3, 0.4) is 0 Å². The molecule has 0 bridgehead atoms. The molecule has 0 aliphatic heterocycles. The lowest BCUT2D eigenvalue weighted by atomic mass is 10.0. The van der Waals surface area contributed by atoms with E-state index in [0.29, 0.717) is 45.7 Å². The minimum Gasteiger partial charge on any atom is -0.382 e. The van der Waals surface area contributed by atoms with Crippen LogP contribution in [0.4, 0.5) is 0 Å². The van der Waals surface area contributed by atoms with Crippen molar-refractivity contribution in [2.45, 2.75) is 187 Å². The van der Waals surface area contributed by atoms with Gasteiger partial charge in [0.15, 0.2) is 0 Å². The van der Waals surface area contributed by atoms with Crippen molar-refractivity contribution in [3.05, 3.63) is 48.6 Å². The Balaban J connectivity index is 3.99. The molecule has 0 aromatic carbocycles. The molecule has 0 aromatic rings. The second-order valence-corrected chi connectivity index (χ2v) is 13.5. The van der Waals surface area contributed by atoms with Gasteiger partial charge in [0.1, 0.15) is 0 Å². The molecule has 0 saturated carbocycles. The number of methoxy groups -OCH3 is 1. The van der Waals surface area contributed by atoms with Gasteiger partial charge in [-0.2, -0.15) is 0 Å². The number of ether oxygens (including phenoxy) is 4. The molecule has 4 heteroatoms. The minimum absolute atomic E-state index is 0.378. The van der Waals surface area contributed by atoms with Crippen LogP contribution in [0.1, 0.15) is 181 Å². The second-order valence-electron chi connectivity index (χ2n) is 13.5. The summed E-state index contributed by atoms with van der Waals surface area (Å²) < 4.78 is 22.5. The molecule has 0 aromatic heterocycles. The Kier molecular flexibility index (Phi) is 42.7. The smallest absolute Gasteiger partial charge is 0.0704 e. The molecule has 0 rings (SSSR count). The number of hydrogen-bond donors (Lipinski definition) is 0. The van der Waals surface area contributed by atoms with Gasteiger partial charge in [-0.15, -0.1) is 0 Å². The zero-order valence-electron chi connectivity index (χ0n) is 32.5. The summed E-state index contributed by atoms with van der Waals surface area (Å²) in [6, 6.07) is 0. The first-order chi connectivity index (χ1) is 23.8. The summed E-state index contributed by atoms with van der Waals surface area (Å²) in [6.45, 7) is 8.37. The molecular formula is C44H82O4. The molecular weight excluding hydrogens is 592 g/mol. The largest absolute Gasteiger partial charge is 0.382 e. The van der Waals surface area contributed by atoms with Gasteiger partial charge in [-0.05, 0) is 77.0 Å². The van der Waals surface area contributed by atoms with E-state index in [-0.39, 0.29) is 0 Å². The second kappa shape index (κ2) is 43.8. The van der Waals surface area contributed by atoms with Gasteiger partial charge < -0.3 is 18.9 Å². The molecule has 0 heterocycles. The maximum atomic E-state index is 6.33. The van der Waals surface area contributed by atoms with Crippen LogP contribution in [0.25, 0.3) is 0 Å². The maximum absolute atomic E-state index is 6.33. The van der Waals surface area contributed by atoms with Crippen LogP contribution in [-0.2, 0) is 18.9 Å². The molecule has 282 valence electrons. The highest BCUT2D eigenvalue weighted by atomic mass is 16.6. The molecule has 0 aliphatic rings. The molecule has 0 fully saturated rings. The number of allylic oxidation sites excluding steroid dienone is 8. The predicted molar refractivity (Wildman–Crippen MR) is 211 cm³/mol. The van der Waals surface area contributed by atoms with E-state index in [9.17, 15) is 0 Å². The summed E-state index contributed by atoms with van der Waals surface area (Å²) >= 11 is 0. The topological polar surface area (TPSA) is 36.9 Å². The first-order valence-corrected chi connectivity index (χ1v) is 20.7. The van der Waals surface area contributed by atoms with E-state index in [1.54, 1.807) is 7.11 Å². The van der Waals surface area contributed by atoms with Crippen molar-refractivity contribution in [1.29, 1.82) is 0 Å². The number of unbranched alkanes of at least 4 members (excludes halogenated alkanes) is 18. The summed E-state index contributed by atoms with van der Waals surface area (Å²) in [7, 11) is 1.69. The Morgan fingerprint density at radius 3 is 1.15 bits per heavy atom. The Morgan fingerprint density at radius 1 is 0.375 bits per heavy atom. The quantitative estimate of drug-likeness (QED) is 0.0479. The Morgan fingerprint density at radius 2 is 0.729 bits per heavy atom. The highest BCUT2D eigenvalue weighted by Gasteiger charge is 2.09. The molecule has 4 nitrogen and oxygen atoms in total. The molecule has 0 saturated heterocycles. The Labute approximate surface area is 300 Å². The van der Waals surface area contributed by atoms with E-state index in [1.807, 2.05) is 0 Å².